The van der Waals surface area contributed by atoms with Crippen molar-refractivity contribution in [3.05, 3.63) is 40.8 Å². The minimum absolute atomic E-state index is 0.460. The van der Waals surface area contributed by atoms with E-state index in [4.69, 9.17) is 5.84 Å². The molecule has 4 nitrogen and oxygen atoms in total. The number of nitrogens with zero attached hydrogens (tertiary/aromatic N) is 2. The molecule has 0 saturated heterocycles. The van der Waals surface area contributed by atoms with Crippen LogP contribution in [0.5, 0.6) is 0 Å². The van der Waals surface area contributed by atoms with Gasteiger partial charge in [0.1, 0.15) is 9.86 Å². The van der Waals surface area contributed by atoms with E-state index in [1.807, 2.05) is 0 Å². The van der Waals surface area contributed by atoms with Crippen molar-refractivity contribution in [2.75, 3.05) is 5.43 Å². The van der Waals surface area contributed by atoms with Crippen LogP contribution >= 0.6 is 23.1 Å². The van der Waals surface area contributed by atoms with Gasteiger partial charge in [-0.3, -0.25) is 5.43 Å². The van der Waals surface area contributed by atoms with E-state index in [0.717, 1.165) is 26.6 Å². The number of nitrogen functional groups attached to an aromatic ring is 1. The Labute approximate surface area is 131 Å². The summed E-state index contributed by atoms with van der Waals surface area (Å²) in [5, 5.41) is 2.04. The molecule has 0 radical (unpaired) electrons. The summed E-state index contributed by atoms with van der Waals surface area (Å²) in [6.45, 7) is 4.23. The van der Waals surface area contributed by atoms with E-state index >= 15 is 0 Å². The fourth-order valence-corrected chi connectivity index (χ4v) is 3.90. The maximum Gasteiger partial charge on any atom is 0.239 e. The molecule has 6 heteroatoms. The van der Waals surface area contributed by atoms with Gasteiger partial charge in [-0.1, -0.05) is 36.4 Å². The third-order valence-corrected chi connectivity index (χ3v) is 5.31. The minimum Gasteiger partial charge on any atom is -0.292 e. The highest BCUT2D eigenvalue weighted by atomic mass is 32.2. The number of nitrogens with one attached hydrogen (secondary N) is 1. The predicted octanol–water partition coefficient (Wildman–Crippen LogP) is 4.00. The van der Waals surface area contributed by atoms with E-state index in [1.165, 1.54) is 10.4 Å². The average Bonchev–Trinajstić information content (AvgIpc) is 2.92. The summed E-state index contributed by atoms with van der Waals surface area (Å²) < 4.78 is 0. The smallest absolute Gasteiger partial charge is 0.239 e. The maximum absolute atomic E-state index is 5.48. The fourth-order valence-electron chi connectivity index (χ4n) is 1.98. The Bertz CT molecular complexity index is 765. The molecule has 0 amide bonds. The van der Waals surface area contributed by atoms with E-state index < -0.39 is 0 Å². The first-order chi connectivity index (χ1) is 10.2. The van der Waals surface area contributed by atoms with Gasteiger partial charge in [0.25, 0.3) is 0 Å². The maximum atomic E-state index is 5.48. The van der Waals surface area contributed by atoms with Crippen molar-refractivity contribution in [1.82, 2.24) is 9.97 Å². The lowest BCUT2D eigenvalue weighted by atomic mass is 10.2. The molecule has 0 spiro atoms. The van der Waals surface area contributed by atoms with Crippen molar-refractivity contribution in [3.63, 3.8) is 0 Å². The monoisotopic (exact) mass is 316 g/mol. The number of anilines is 1. The summed E-state index contributed by atoms with van der Waals surface area (Å²) in [6.07, 6.45) is 1.00. The third kappa shape index (κ3) is 3.02. The van der Waals surface area contributed by atoms with Crippen molar-refractivity contribution >= 4 is 39.3 Å². The molecule has 0 aliphatic rings. The molecule has 0 fully saturated rings. The first-order valence-corrected chi connectivity index (χ1v) is 8.34. The highest BCUT2D eigenvalue weighted by Gasteiger charge is 2.12. The van der Waals surface area contributed by atoms with Gasteiger partial charge >= 0.3 is 0 Å². The molecule has 0 aliphatic heterocycles. The topological polar surface area (TPSA) is 63.8 Å². The molecule has 21 heavy (non-hydrogen) atoms. The van der Waals surface area contributed by atoms with E-state index in [0.29, 0.717) is 5.95 Å². The molecule has 2 aromatic heterocycles. The highest BCUT2D eigenvalue weighted by molar-refractivity contribution is 7.99. The molecule has 1 aromatic carbocycles. The van der Waals surface area contributed by atoms with Crippen LogP contribution < -0.4 is 11.3 Å². The first kappa shape index (κ1) is 14.3. The number of aromatic nitrogens is 2. The van der Waals surface area contributed by atoms with E-state index in [-0.39, 0.29) is 0 Å². The summed E-state index contributed by atoms with van der Waals surface area (Å²) in [6, 6.07) is 10.6. The summed E-state index contributed by atoms with van der Waals surface area (Å²) in [7, 11) is 0. The van der Waals surface area contributed by atoms with E-state index in [2.05, 4.69) is 59.6 Å². The lowest BCUT2D eigenvalue weighted by Crippen LogP contribution is -2.10. The zero-order chi connectivity index (χ0) is 14.8. The van der Waals surface area contributed by atoms with Gasteiger partial charge in [-0.25, -0.2) is 15.8 Å². The summed E-state index contributed by atoms with van der Waals surface area (Å²) >= 11 is 3.33. The number of nitrogens with two attached hydrogens (primary N) is 1. The van der Waals surface area contributed by atoms with Crippen LogP contribution in [-0.4, -0.2) is 9.97 Å². The molecule has 3 aromatic rings. The van der Waals surface area contributed by atoms with Gasteiger partial charge in [-0.15, -0.1) is 11.3 Å². The molecule has 0 bridgehead atoms. The van der Waals surface area contributed by atoms with Gasteiger partial charge in [-0.2, -0.15) is 0 Å². The molecule has 108 valence electrons. The Kier molecular flexibility index (Phi) is 4.10. The van der Waals surface area contributed by atoms with E-state index in [9.17, 15) is 0 Å². The Balaban J connectivity index is 2.06. The zero-order valence-electron chi connectivity index (χ0n) is 11.9. The van der Waals surface area contributed by atoms with Crippen molar-refractivity contribution in [2.24, 2.45) is 5.84 Å². The summed E-state index contributed by atoms with van der Waals surface area (Å²) in [5.41, 5.74) is 3.80. The van der Waals surface area contributed by atoms with Crippen LogP contribution in [0.2, 0.25) is 0 Å². The van der Waals surface area contributed by atoms with Crippen LogP contribution in [-0.2, 0) is 6.42 Å². The first-order valence-electron chi connectivity index (χ1n) is 6.71. The molecule has 3 N–H and O–H groups in total. The van der Waals surface area contributed by atoms with Gasteiger partial charge in [0, 0.05) is 15.2 Å². The van der Waals surface area contributed by atoms with Gasteiger partial charge in [0.15, 0.2) is 0 Å². The fraction of sp³-hybridized carbons (Fsp3) is 0.200. The van der Waals surface area contributed by atoms with Crippen molar-refractivity contribution < 1.29 is 0 Å². The lowest BCUT2D eigenvalue weighted by molar-refractivity contribution is 1.08. The van der Waals surface area contributed by atoms with Crippen LogP contribution in [0.4, 0.5) is 5.95 Å². The number of hydrogen-bond donors (Lipinski definition) is 2. The quantitative estimate of drug-likeness (QED) is 0.433. The number of hydrogen-bond acceptors (Lipinski definition) is 6. The van der Waals surface area contributed by atoms with Crippen molar-refractivity contribution in [3.8, 4) is 0 Å². The SMILES string of the molecule is CCc1cc2c(Sc3ccc(C)cc3)nc(NN)nc2s1. The van der Waals surface area contributed by atoms with Crippen molar-refractivity contribution in [2.45, 2.75) is 30.2 Å². The molecule has 0 saturated carbocycles. The minimum atomic E-state index is 0.460. The molecular weight excluding hydrogens is 300 g/mol. The number of hydrazine groups is 1. The second-order valence-corrected chi connectivity index (χ2v) is 6.87. The summed E-state index contributed by atoms with van der Waals surface area (Å²) in [4.78, 5) is 12.4. The molecular formula is C15H16N4S2. The standard InChI is InChI=1S/C15H16N4S2/c1-3-10-8-12-13(20-10)17-15(19-16)18-14(12)21-11-6-4-9(2)5-7-11/h4-8H,3,16H2,1-2H3,(H,17,18,19). The predicted molar refractivity (Wildman–Crippen MR) is 89.9 cm³/mol. The number of fused-ring (bicyclic) bond motifs is 1. The van der Waals surface area contributed by atoms with Gasteiger partial charge in [0.05, 0.1) is 0 Å². The van der Waals surface area contributed by atoms with Gasteiger partial charge in [0.2, 0.25) is 5.95 Å². The van der Waals surface area contributed by atoms with Crippen LogP contribution in [0, 0.1) is 6.92 Å². The second kappa shape index (κ2) is 6.01. The normalized spacial score (nSPS) is 11.0. The molecule has 0 unspecified atom stereocenters. The van der Waals surface area contributed by atoms with E-state index in [1.54, 1.807) is 23.1 Å². The van der Waals surface area contributed by atoms with Crippen LogP contribution in [0.15, 0.2) is 40.3 Å². The largest absolute Gasteiger partial charge is 0.292 e. The molecule has 0 aliphatic carbocycles. The highest BCUT2D eigenvalue weighted by Crippen LogP contribution is 2.36. The number of benzene rings is 1. The Morgan fingerprint density at radius 1 is 1.24 bits per heavy atom. The van der Waals surface area contributed by atoms with Crippen molar-refractivity contribution in [1.29, 1.82) is 0 Å². The third-order valence-electron chi connectivity index (χ3n) is 3.12. The Hall–Kier alpha value is -1.63. The molecule has 0 atom stereocenters. The van der Waals surface area contributed by atoms with Crippen LogP contribution in [0.3, 0.4) is 0 Å². The zero-order valence-corrected chi connectivity index (χ0v) is 13.5. The van der Waals surface area contributed by atoms with Crippen LogP contribution in [0.25, 0.3) is 10.2 Å². The molecule has 3 rings (SSSR count). The number of thiophene rings is 1. The van der Waals surface area contributed by atoms with Gasteiger partial charge in [-0.05, 0) is 31.5 Å². The number of rotatable bonds is 4. The number of aryl methyl sites for hydroxylation is 2. The summed E-state index contributed by atoms with van der Waals surface area (Å²) in [5.74, 6) is 5.94. The Morgan fingerprint density at radius 2 is 2.00 bits per heavy atom. The van der Waals surface area contributed by atoms with Gasteiger partial charge < -0.3 is 0 Å². The average molecular weight is 316 g/mol. The molecule has 2 heterocycles. The Morgan fingerprint density at radius 3 is 2.67 bits per heavy atom. The van der Waals surface area contributed by atoms with Crippen LogP contribution in [0.1, 0.15) is 17.4 Å². The second-order valence-electron chi connectivity index (χ2n) is 4.70. The lowest BCUT2D eigenvalue weighted by Gasteiger charge is -2.05.